The number of likely N-dealkylation sites (N-methyl/N-ethyl adjacent to an activating group) is 1. The highest BCUT2D eigenvalue weighted by Gasteiger charge is 2.08. The van der Waals surface area contributed by atoms with Crippen molar-refractivity contribution >= 4 is 5.69 Å². The van der Waals surface area contributed by atoms with Gasteiger partial charge in [0.15, 0.2) is 0 Å². The third kappa shape index (κ3) is 4.78. The highest BCUT2D eigenvalue weighted by Crippen LogP contribution is 2.23. The minimum Gasteiger partial charge on any atom is -0.345 e. The van der Waals surface area contributed by atoms with Crippen LogP contribution in [0.5, 0.6) is 0 Å². The summed E-state index contributed by atoms with van der Waals surface area (Å²) in [7, 11) is 2.12. The lowest BCUT2D eigenvalue weighted by Gasteiger charge is -2.23. The highest BCUT2D eigenvalue weighted by molar-refractivity contribution is 5.54. The van der Waals surface area contributed by atoms with E-state index in [1.807, 2.05) is 6.92 Å². The summed E-state index contributed by atoms with van der Waals surface area (Å²) in [6.45, 7) is 9.61. The van der Waals surface area contributed by atoms with Gasteiger partial charge >= 0.3 is 0 Å². The van der Waals surface area contributed by atoms with E-state index in [9.17, 15) is 0 Å². The van der Waals surface area contributed by atoms with Crippen molar-refractivity contribution in [3.8, 4) is 0 Å². The molecule has 0 amide bonds. The summed E-state index contributed by atoms with van der Waals surface area (Å²) in [5, 5.41) is 0. The number of rotatable bonds is 2. The van der Waals surface area contributed by atoms with Crippen LogP contribution in [-0.2, 0) is 0 Å². The summed E-state index contributed by atoms with van der Waals surface area (Å²) in [6.07, 6.45) is 9.70. The molecule has 0 N–H and O–H groups in total. The number of benzene rings is 1. The Hall–Kier alpha value is -1.76. The Balaban J connectivity index is 0.000000550. The van der Waals surface area contributed by atoms with Crippen molar-refractivity contribution in [1.29, 1.82) is 0 Å². The number of anilines is 1. The van der Waals surface area contributed by atoms with Crippen molar-refractivity contribution in [3.05, 3.63) is 66.4 Å². The predicted molar refractivity (Wildman–Crippen MR) is 86.5 cm³/mol. The van der Waals surface area contributed by atoms with E-state index < -0.39 is 0 Å². The number of hydrogen-bond acceptors (Lipinski definition) is 1. The number of nitrogens with zero attached hydrogens (tertiary/aromatic N) is 1. The van der Waals surface area contributed by atoms with E-state index in [4.69, 9.17) is 0 Å². The third-order valence-corrected chi connectivity index (χ3v) is 3.10. The molecule has 0 aliphatic heterocycles. The molecule has 1 unspecified atom stereocenters. The molecule has 0 aromatic heterocycles. The topological polar surface area (TPSA) is 3.24 Å². The van der Waals surface area contributed by atoms with Gasteiger partial charge in [-0.25, -0.2) is 0 Å². The van der Waals surface area contributed by atoms with Gasteiger partial charge < -0.3 is 4.90 Å². The van der Waals surface area contributed by atoms with Crippen molar-refractivity contribution in [3.63, 3.8) is 0 Å². The first-order valence-corrected chi connectivity index (χ1v) is 6.84. The molecule has 0 bridgehead atoms. The SMILES string of the molecule is C=CC.Cc1ccc(N(C)C2=CCC(C)C=C2)cc1. The van der Waals surface area contributed by atoms with Gasteiger partial charge in [0, 0.05) is 18.4 Å². The lowest BCUT2D eigenvalue weighted by molar-refractivity contribution is 0.727. The molecule has 1 aromatic rings. The molecule has 1 aliphatic carbocycles. The van der Waals surface area contributed by atoms with E-state index in [0.29, 0.717) is 5.92 Å². The van der Waals surface area contributed by atoms with Gasteiger partial charge in [0.2, 0.25) is 0 Å². The summed E-state index contributed by atoms with van der Waals surface area (Å²) in [6, 6.07) is 8.65. The van der Waals surface area contributed by atoms with Gasteiger partial charge in [-0.05, 0) is 44.4 Å². The molecule has 1 nitrogen and oxygen atoms in total. The van der Waals surface area contributed by atoms with E-state index >= 15 is 0 Å². The van der Waals surface area contributed by atoms with Crippen LogP contribution >= 0.6 is 0 Å². The van der Waals surface area contributed by atoms with Crippen molar-refractivity contribution in [1.82, 2.24) is 0 Å². The second kappa shape index (κ2) is 7.63. The molecule has 0 spiro atoms. The summed E-state index contributed by atoms with van der Waals surface area (Å²) in [5.74, 6) is 0.676. The minimum atomic E-state index is 0.676. The maximum atomic E-state index is 3.36. The quantitative estimate of drug-likeness (QED) is 0.664. The molecule has 1 atom stereocenters. The summed E-state index contributed by atoms with van der Waals surface area (Å²) < 4.78 is 0. The fraction of sp³-hybridized carbons (Fsp3) is 0.333. The Labute approximate surface area is 118 Å². The second-order valence-electron chi connectivity index (χ2n) is 5.00. The smallest absolute Gasteiger partial charge is 0.0408 e. The molecule has 0 saturated heterocycles. The molecule has 1 aromatic carbocycles. The fourth-order valence-electron chi connectivity index (χ4n) is 1.88. The van der Waals surface area contributed by atoms with Crippen molar-refractivity contribution < 1.29 is 0 Å². The fourth-order valence-corrected chi connectivity index (χ4v) is 1.88. The Morgan fingerprint density at radius 1 is 1.26 bits per heavy atom. The molecule has 0 radical (unpaired) electrons. The summed E-state index contributed by atoms with van der Waals surface area (Å²) >= 11 is 0. The zero-order valence-corrected chi connectivity index (χ0v) is 12.6. The van der Waals surface area contributed by atoms with Crippen LogP contribution in [-0.4, -0.2) is 7.05 Å². The number of hydrogen-bond donors (Lipinski definition) is 0. The van der Waals surface area contributed by atoms with Gasteiger partial charge in [-0.15, -0.1) is 6.58 Å². The minimum absolute atomic E-state index is 0.676. The normalized spacial score (nSPS) is 17.1. The van der Waals surface area contributed by atoms with Crippen molar-refractivity contribution in [2.75, 3.05) is 11.9 Å². The van der Waals surface area contributed by atoms with Crippen LogP contribution in [0.3, 0.4) is 0 Å². The molecule has 0 heterocycles. The Kier molecular flexibility index (Phi) is 6.14. The average Bonchev–Trinajstić information content (AvgIpc) is 2.41. The van der Waals surface area contributed by atoms with Gasteiger partial charge in [0.25, 0.3) is 0 Å². The molecule has 1 aliphatic rings. The first-order valence-electron chi connectivity index (χ1n) is 6.84. The monoisotopic (exact) mass is 255 g/mol. The van der Waals surface area contributed by atoms with Gasteiger partial charge in [0.1, 0.15) is 0 Å². The molecule has 2 rings (SSSR count). The van der Waals surface area contributed by atoms with Crippen LogP contribution in [0.25, 0.3) is 0 Å². The molecule has 1 heteroatoms. The van der Waals surface area contributed by atoms with Crippen LogP contribution in [0.1, 0.15) is 25.8 Å². The van der Waals surface area contributed by atoms with Crippen LogP contribution in [0.15, 0.2) is 60.8 Å². The van der Waals surface area contributed by atoms with E-state index in [1.54, 1.807) is 6.08 Å². The first kappa shape index (κ1) is 15.3. The van der Waals surface area contributed by atoms with Crippen LogP contribution in [0.2, 0.25) is 0 Å². The molecule has 0 saturated carbocycles. The van der Waals surface area contributed by atoms with E-state index in [1.165, 1.54) is 16.9 Å². The van der Waals surface area contributed by atoms with E-state index in [-0.39, 0.29) is 0 Å². The van der Waals surface area contributed by atoms with Crippen LogP contribution in [0.4, 0.5) is 5.69 Å². The standard InChI is InChI=1S/C15H19N.C3H6/c1-12-4-8-14(9-5-12)16(3)15-10-6-13(2)7-11-15;1-3-2/h4-6,8-11,13H,7H2,1-3H3;3H,1H2,2H3. The number of aryl methyl sites for hydroxylation is 1. The van der Waals surface area contributed by atoms with Gasteiger partial charge in [-0.2, -0.15) is 0 Å². The molecule has 0 fully saturated rings. The van der Waals surface area contributed by atoms with Gasteiger partial charge in [-0.3, -0.25) is 0 Å². The third-order valence-electron chi connectivity index (χ3n) is 3.10. The second-order valence-corrected chi connectivity index (χ2v) is 5.00. The van der Waals surface area contributed by atoms with Gasteiger partial charge in [-0.1, -0.05) is 42.8 Å². The summed E-state index contributed by atoms with van der Waals surface area (Å²) in [5.41, 5.74) is 3.84. The molecular formula is C18H25N. The first-order chi connectivity index (χ1) is 9.08. The highest BCUT2D eigenvalue weighted by atomic mass is 15.1. The van der Waals surface area contributed by atoms with Crippen LogP contribution in [0, 0.1) is 12.8 Å². The Bertz CT molecular complexity index is 451. The maximum Gasteiger partial charge on any atom is 0.0408 e. The van der Waals surface area contributed by atoms with Crippen molar-refractivity contribution in [2.24, 2.45) is 5.92 Å². The van der Waals surface area contributed by atoms with E-state index in [0.717, 1.165) is 6.42 Å². The largest absolute Gasteiger partial charge is 0.345 e. The lowest BCUT2D eigenvalue weighted by Crippen LogP contribution is -2.16. The lowest BCUT2D eigenvalue weighted by atomic mass is 10.0. The van der Waals surface area contributed by atoms with Crippen LogP contribution < -0.4 is 4.90 Å². The summed E-state index contributed by atoms with van der Waals surface area (Å²) in [4.78, 5) is 2.24. The molecule has 102 valence electrons. The van der Waals surface area contributed by atoms with Crippen molar-refractivity contribution in [2.45, 2.75) is 27.2 Å². The molecule has 19 heavy (non-hydrogen) atoms. The average molecular weight is 255 g/mol. The molecular weight excluding hydrogens is 230 g/mol. The maximum absolute atomic E-state index is 3.36. The Morgan fingerprint density at radius 3 is 2.32 bits per heavy atom. The predicted octanol–water partition coefficient (Wildman–Crippen LogP) is 5.10. The Morgan fingerprint density at radius 2 is 1.84 bits per heavy atom. The number of allylic oxidation sites excluding steroid dienone is 4. The zero-order valence-electron chi connectivity index (χ0n) is 12.6. The van der Waals surface area contributed by atoms with Gasteiger partial charge in [0.05, 0.1) is 0 Å². The van der Waals surface area contributed by atoms with E-state index in [2.05, 4.69) is 74.9 Å². The zero-order chi connectivity index (χ0) is 14.3.